The monoisotopic (exact) mass is 467 g/mol. The lowest BCUT2D eigenvalue weighted by Gasteiger charge is -2.21. The molecule has 0 aromatic heterocycles. The summed E-state index contributed by atoms with van der Waals surface area (Å²) in [6.45, 7) is 3.48. The Morgan fingerprint density at radius 2 is 1.73 bits per heavy atom. The van der Waals surface area contributed by atoms with Crippen molar-refractivity contribution in [2.45, 2.75) is 25.9 Å². The van der Waals surface area contributed by atoms with Gasteiger partial charge in [0.15, 0.2) is 5.60 Å². The Morgan fingerprint density at radius 3 is 2.39 bits per heavy atom. The number of halogens is 1. The predicted molar refractivity (Wildman–Crippen MR) is 128 cm³/mol. The average Bonchev–Trinajstić information content (AvgIpc) is 2.79. The van der Waals surface area contributed by atoms with Crippen LogP contribution in [-0.4, -0.2) is 36.2 Å². The topological polar surface area (TPSA) is 84.9 Å². The molecule has 0 atom stereocenters. The maximum absolute atomic E-state index is 12.5. The third-order valence-corrected chi connectivity index (χ3v) is 5.35. The smallest absolute Gasteiger partial charge is 0.347 e. The number of aliphatic carboxylic acids is 1. The molecule has 0 unspecified atom stereocenters. The number of carboxylic acid groups (broad SMARTS) is 1. The highest BCUT2D eigenvalue weighted by Gasteiger charge is 2.29. The molecule has 0 bridgehead atoms. The zero-order valence-electron chi connectivity index (χ0n) is 18.7. The highest BCUT2D eigenvalue weighted by atomic mass is 35.5. The van der Waals surface area contributed by atoms with Gasteiger partial charge in [-0.05, 0) is 67.3 Å². The van der Waals surface area contributed by atoms with Crippen LogP contribution in [0.4, 0.5) is 0 Å². The van der Waals surface area contributed by atoms with E-state index in [9.17, 15) is 14.7 Å². The van der Waals surface area contributed by atoms with Gasteiger partial charge in [0, 0.05) is 11.6 Å². The number of nitrogens with one attached hydrogen (secondary N) is 1. The van der Waals surface area contributed by atoms with Crippen molar-refractivity contribution in [2.24, 2.45) is 0 Å². The highest BCUT2D eigenvalue weighted by molar-refractivity contribution is 6.31. The van der Waals surface area contributed by atoms with Gasteiger partial charge >= 0.3 is 5.97 Å². The molecule has 0 radical (unpaired) electrons. The predicted octanol–water partition coefficient (Wildman–Crippen LogP) is 5.23. The van der Waals surface area contributed by atoms with Crippen LogP contribution in [0.2, 0.25) is 5.02 Å². The number of hydrogen-bond acceptors (Lipinski definition) is 4. The summed E-state index contributed by atoms with van der Waals surface area (Å²) in [7, 11) is 1.51. The molecule has 0 saturated heterocycles. The fourth-order valence-corrected chi connectivity index (χ4v) is 3.39. The van der Waals surface area contributed by atoms with Gasteiger partial charge in [0.05, 0.1) is 12.7 Å². The summed E-state index contributed by atoms with van der Waals surface area (Å²) in [6.07, 6.45) is 0.658. The van der Waals surface area contributed by atoms with Gasteiger partial charge in [-0.15, -0.1) is 0 Å². The molecule has 3 rings (SSSR count). The van der Waals surface area contributed by atoms with E-state index in [0.717, 1.165) is 16.7 Å². The molecule has 0 saturated carbocycles. The third kappa shape index (κ3) is 6.26. The van der Waals surface area contributed by atoms with Gasteiger partial charge in [-0.25, -0.2) is 4.79 Å². The number of rotatable bonds is 9. The zero-order valence-corrected chi connectivity index (χ0v) is 19.5. The van der Waals surface area contributed by atoms with Crippen molar-refractivity contribution in [3.63, 3.8) is 0 Å². The molecule has 33 heavy (non-hydrogen) atoms. The van der Waals surface area contributed by atoms with Crippen molar-refractivity contribution in [1.29, 1.82) is 0 Å². The number of amides is 1. The van der Waals surface area contributed by atoms with Gasteiger partial charge < -0.3 is 19.9 Å². The molecule has 0 heterocycles. The second-order valence-corrected chi connectivity index (χ2v) is 8.43. The molecule has 6 nitrogen and oxygen atoms in total. The Bertz CT molecular complexity index is 1140. The zero-order chi connectivity index (χ0) is 24.0. The van der Waals surface area contributed by atoms with Crippen LogP contribution in [0.5, 0.6) is 11.5 Å². The van der Waals surface area contributed by atoms with E-state index in [0.29, 0.717) is 35.1 Å². The first-order valence-electron chi connectivity index (χ1n) is 10.4. The SMILES string of the molecule is COc1ccc(Cl)cc1C(=O)NCCc1ccc(-c2cccc(OC(C)(C)C(=O)O)c2)cc1. The van der Waals surface area contributed by atoms with Crippen molar-refractivity contribution < 1.29 is 24.2 Å². The molecule has 3 aromatic rings. The van der Waals surface area contributed by atoms with Crippen molar-refractivity contribution >= 4 is 23.5 Å². The maximum atomic E-state index is 12.5. The first kappa shape index (κ1) is 24.1. The molecule has 2 N–H and O–H groups in total. The van der Waals surface area contributed by atoms with Crippen molar-refractivity contribution in [2.75, 3.05) is 13.7 Å². The number of methoxy groups -OCH3 is 1. The Kier molecular flexibility index (Phi) is 7.61. The highest BCUT2D eigenvalue weighted by Crippen LogP contribution is 2.27. The van der Waals surface area contributed by atoms with Gasteiger partial charge in [-0.1, -0.05) is 48.0 Å². The molecule has 0 aliphatic heterocycles. The molecular weight excluding hydrogens is 442 g/mol. The number of benzene rings is 3. The second-order valence-electron chi connectivity index (χ2n) is 7.99. The maximum Gasteiger partial charge on any atom is 0.347 e. The Labute approximate surface area is 198 Å². The fraction of sp³-hybridized carbons (Fsp3) is 0.231. The lowest BCUT2D eigenvalue weighted by Crippen LogP contribution is -2.37. The van der Waals surface area contributed by atoms with Gasteiger partial charge in [-0.3, -0.25) is 4.79 Å². The van der Waals surface area contributed by atoms with Crippen LogP contribution in [0.25, 0.3) is 11.1 Å². The van der Waals surface area contributed by atoms with E-state index >= 15 is 0 Å². The van der Waals surface area contributed by atoms with Crippen LogP contribution >= 0.6 is 11.6 Å². The van der Waals surface area contributed by atoms with Crippen molar-refractivity contribution in [1.82, 2.24) is 5.32 Å². The molecule has 172 valence electrons. The first-order valence-corrected chi connectivity index (χ1v) is 10.8. The molecular formula is C26H26ClNO5. The average molecular weight is 468 g/mol. The molecule has 0 aliphatic carbocycles. The largest absolute Gasteiger partial charge is 0.496 e. The van der Waals surface area contributed by atoms with E-state index in [4.69, 9.17) is 21.1 Å². The summed E-state index contributed by atoms with van der Waals surface area (Å²) in [5.41, 5.74) is 2.04. The fourth-order valence-electron chi connectivity index (χ4n) is 3.21. The molecule has 7 heteroatoms. The van der Waals surface area contributed by atoms with Crippen LogP contribution in [0.15, 0.2) is 66.7 Å². The number of carbonyl (C=O) groups excluding carboxylic acids is 1. The van der Waals surface area contributed by atoms with Gasteiger partial charge in [0.2, 0.25) is 0 Å². The Morgan fingerprint density at radius 1 is 1.00 bits per heavy atom. The minimum absolute atomic E-state index is 0.243. The molecule has 0 spiro atoms. The standard InChI is InChI=1S/C26H26ClNO5/c1-26(2,25(30)31)33-21-6-4-5-19(15-21)18-9-7-17(8-10-18)13-14-28-24(29)22-16-20(27)11-12-23(22)32-3/h4-12,15-16H,13-14H2,1-3H3,(H,28,29)(H,30,31). The Hall–Kier alpha value is -3.51. The number of carboxylic acids is 1. The summed E-state index contributed by atoms with van der Waals surface area (Å²) in [4.78, 5) is 23.8. The molecule has 0 aliphatic rings. The first-order chi connectivity index (χ1) is 15.7. The van der Waals surface area contributed by atoms with Crippen LogP contribution < -0.4 is 14.8 Å². The van der Waals surface area contributed by atoms with Gasteiger partial charge in [0.1, 0.15) is 11.5 Å². The summed E-state index contributed by atoms with van der Waals surface area (Å²) in [5, 5.41) is 12.6. The molecule has 0 fully saturated rings. The minimum atomic E-state index is -1.32. The van der Waals surface area contributed by atoms with E-state index in [1.807, 2.05) is 42.5 Å². The van der Waals surface area contributed by atoms with E-state index in [-0.39, 0.29) is 5.91 Å². The van der Waals surface area contributed by atoms with Gasteiger partial charge in [-0.2, -0.15) is 0 Å². The number of hydrogen-bond donors (Lipinski definition) is 2. The van der Waals surface area contributed by atoms with Crippen LogP contribution in [0.1, 0.15) is 29.8 Å². The third-order valence-electron chi connectivity index (χ3n) is 5.11. The minimum Gasteiger partial charge on any atom is -0.496 e. The van der Waals surface area contributed by atoms with Crippen molar-refractivity contribution in [3.8, 4) is 22.6 Å². The summed E-state index contributed by atoms with van der Waals surface area (Å²) in [6, 6.07) is 20.2. The van der Waals surface area contributed by atoms with E-state index in [2.05, 4.69) is 5.32 Å². The second kappa shape index (κ2) is 10.4. The number of carbonyl (C=O) groups is 2. The summed E-state index contributed by atoms with van der Waals surface area (Å²) >= 11 is 6.00. The van der Waals surface area contributed by atoms with Crippen molar-refractivity contribution in [3.05, 3.63) is 82.9 Å². The quantitative estimate of drug-likeness (QED) is 0.450. The lowest BCUT2D eigenvalue weighted by atomic mass is 10.0. The van der Waals surface area contributed by atoms with E-state index in [1.54, 1.807) is 24.3 Å². The Balaban J connectivity index is 1.61. The van der Waals surface area contributed by atoms with Crippen LogP contribution in [-0.2, 0) is 11.2 Å². The van der Waals surface area contributed by atoms with E-state index in [1.165, 1.54) is 21.0 Å². The summed E-state index contributed by atoms with van der Waals surface area (Å²) < 4.78 is 10.9. The molecule has 1 amide bonds. The summed E-state index contributed by atoms with van der Waals surface area (Å²) in [5.74, 6) is -0.312. The lowest BCUT2D eigenvalue weighted by molar-refractivity contribution is -0.152. The normalized spacial score (nSPS) is 11.0. The van der Waals surface area contributed by atoms with Crippen LogP contribution in [0.3, 0.4) is 0 Å². The van der Waals surface area contributed by atoms with Crippen LogP contribution in [0, 0.1) is 0 Å². The molecule has 3 aromatic carbocycles. The van der Waals surface area contributed by atoms with E-state index < -0.39 is 11.6 Å². The van der Waals surface area contributed by atoms with Gasteiger partial charge in [0.25, 0.3) is 5.91 Å². The number of ether oxygens (including phenoxy) is 2.